The predicted octanol–water partition coefficient (Wildman–Crippen LogP) is 2.29. The summed E-state index contributed by atoms with van der Waals surface area (Å²) in [6.07, 6.45) is 0.848. The highest BCUT2D eigenvalue weighted by Gasteiger charge is 2.39. The third kappa shape index (κ3) is 6.83. The Bertz CT molecular complexity index is 154. The van der Waals surface area contributed by atoms with E-state index in [1.165, 1.54) is 0 Å². The summed E-state index contributed by atoms with van der Waals surface area (Å²) in [5.41, 5.74) is 0. The third-order valence-corrected chi connectivity index (χ3v) is 5.29. The van der Waals surface area contributed by atoms with E-state index in [1.807, 2.05) is 13.8 Å². The van der Waals surface area contributed by atoms with Crippen molar-refractivity contribution in [3.63, 3.8) is 0 Å². The molecule has 0 rings (SSSR count). The van der Waals surface area contributed by atoms with Gasteiger partial charge in [-0.25, -0.2) is 0 Å². The van der Waals surface area contributed by atoms with Crippen molar-refractivity contribution in [2.75, 3.05) is 39.4 Å². The molecule has 0 spiro atoms. The molecule has 4 nitrogen and oxygen atoms in total. The normalized spacial score (nSPS) is 12.0. The zero-order valence-electron chi connectivity index (χ0n) is 10.5. The van der Waals surface area contributed by atoms with Crippen LogP contribution in [-0.4, -0.2) is 48.2 Å². The molecule has 0 saturated carbocycles. The van der Waals surface area contributed by atoms with Gasteiger partial charge in [-0.3, -0.25) is 0 Å². The van der Waals surface area contributed by atoms with Crippen molar-refractivity contribution in [1.82, 2.24) is 0 Å². The van der Waals surface area contributed by atoms with Crippen molar-refractivity contribution in [1.29, 1.82) is 0 Å². The molecule has 0 saturated heterocycles. The lowest BCUT2D eigenvalue weighted by Crippen LogP contribution is -2.46. The Morgan fingerprint density at radius 1 is 1.00 bits per heavy atom. The number of hydrogen-bond acceptors (Lipinski definition) is 4. The lowest BCUT2D eigenvalue weighted by molar-refractivity contribution is 0.0450. The van der Waals surface area contributed by atoms with E-state index in [4.69, 9.17) is 29.6 Å². The minimum Gasteiger partial charge on any atom is -0.382 e. The van der Waals surface area contributed by atoms with Crippen molar-refractivity contribution in [2.24, 2.45) is 0 Å². The van der Waals surface area contributed by atoms with Crippen LogP contribution in [0.25, 0.3) is 0 Å². The van der Waals surface area contributed by atoms with Gasteiger partial charge in [0.1, 0.15) is 0 Å². The summed E-state index contributed by atoms with van der Waals surface area (Å²) in [7, 11) is -0.873. The number of hydrogen-bond donors (Lipinski definition) is 0. The fourth-order valence-corrected chi connectivity index (χ4v) is 4.27. The zero-order chi connectivity index (χ0) is 12.3. The van der Waals surface area contributed by atoms with E-state index in [0.29, 0.717) is 32.3 Å². The van der Waals surface area contributed by atoms with Crippen molar-refractivity contribution in [3.8, 4) is 0 Å². The molecule has 0 radical (unpaired) electrons. The Morgan fingerprint density at radius 3 is 2.06 bits per heavy atom. The Balaban J connectivity index is 4.24. The highest BCUT2D eigenvalue weighted by atomic mass is 35.5. The Labute approximate surface area is 105 Å². The second-order valence-corrected chi connectivity index (χ2v) is 6.29. The van der Waals surface area contributed by atoms with Crippen LogP contribution in [0, 0.1) is 0 Å². The lowest BCUT2D eigenvalue weighted by atomic mass is 10.6. The van der Waals surface area contributed by atoms with Gasteiger partial charge in [0.2, 0.25) is 0 Å². The summed E-state index contributed by atoms with van der Waals surface area (Å²) in [6.45, 7) is 6.14. The standard InChI is InChI=1S/C10H23ClO4Si/c1-4-13-16(14-5-2,10-6-7-11)15-9-8-12-3/h4-10H2,1-3H3. The summed E-state index contributed by atoms with van der Waals surface area (Å²) < 4.78 is 22.1. The van der Waals surface area contributed by atoms with Gasteiger partial charge in [-0.15, -0.1) is 11.6 Å². The van der Waals surface area contributed by atoms with E-state index in [-0.39, 0.29) is 0 Å². The van der Waals surface area contributed by atoms with Crippen LogP contribution in [0.5, 0.6) is 0 Å². The average molecular weight is 271 g/mol. The van der Waals surface area contributed by atoms with Gasteiger partial charge < -0.3 is 18.0 Å². The number of halogens is 1. The lowest BCUT2D eigenvalue weighted by Gasteiger charge is -2.28. The third-order valence-electron chi connectivity index (χ3n) is 1.95. The van der Waals surface area contributed by atoms with Crippen LogP contribution in [0.15, 0.2) is 0 Å². The van der Waals surface area contributed by atoms with E-state index in [9.17, 15) is 0 Å². The number of rotatable bonds is 11. The summed E-state index contributed by atoms with van der Waals surface area (Å²) in [4.78, 5) is 0. The molecule has 6 heteroatoms. The second kappa shape index (κ2) is 10.5. The Kier molecular flexibility index (Phi) is 10.7. The van der Waals surface area contributed by atoms with Crippen LogP contribution in [-0.2, 0) is 18.0 Å². The van der Waals surface area contributed by atoms with E-state index < -0.39 is 8.80 Å². The SMILES string of the molecule is CCO[Si](CCCCl)(OCC)OCCOC. The molecule has 0 aromatic carbocycles. The van der Waals surface area contributed by atoms with Crippen LogP contribution >= 0.6 is 11.6 Å². The summed E-state index contributed by atoms with van der Waals surface area (Å²) >= 11 is 5.70. The first kappa shape index (κ1) is 16.3. The number of alkyl halides is 1. The molecule has 0 aromatic heterocycles. The molecule has 0 aliphatic heterocycles. The molecule has 16 heavy (non-hydrogen) atoms. The maximum atomic E-state index is 5.76. The first-order valence-electron chi connectivity index (χ1n) is 5.71. The van der Waals surface area contributed by atoms with E-state index in [0.717, 1.165) is 12.5 Å². The van der Waals surface area contributed by atoms with E-state index in [2.05, 4.69) is 0 Å². The van der Waals surface area contributed by atoms with Crippen molar-refractivity contribution < 1.29 is 18.0 Å². The first-order chi connectivity index (χ1) is 7.74. The molecule has 98 valence electrons. The first-order valence-corrected chi connectivity index (χ1v) is 8.18. The summed E-state index contributed by atoms with van der Waals surface area (Å²) in [5, 5.41) is 0. The van der Waals surface area contributed by atoms with Crippen LogP contribution < -0.4 is 0 Å². The van der Waals surface area contributed by atoms with E-state index in [1.54, 1.807) is 7.11 Å². The molecule has 0 N–H and O–H groups in total. The van der Waals surface area contributed by atoms with Gasteiger partial charge in [-0.2, -0.15) is 0 Å². The molecular weight excluding hydrogens is 248 g/mol. The van der Waals surface area contributed by atoms with Gasteiger partial charge in [0.25, 0.3) is 0 Å². The van der Waals surface area contributed by atoms with Gasteiger partial charge in [0, 0.05) is 32.2 Å². The number of methoxy groups -OCH3 is 1. The number of ether oxygens (including phenoxy) is 1. The van der Waals surface area contributed by atoms with Crippen molar-refractivity contribution in [2.45, 2.75) is 26.3 Å². The molecule has 0 aromatic rings. The van der Waals surface area contributed by atoms with E-state index >= 15 is 0 Å². The van der Waals surface area contributed by atoms with Gasteiger partial charge in [0.05, 0.1) is 13.2 Å². The maximum Gasteiger partial charge on any atom is 0.501 e. The highest BCUT2D eigenvalue weighted by Crippen LogP contribution is 2.18. The van der Waals surface area contributed by atoms with Crippen LogP contribution in [0.4, 0.5) is 0 Å². The largest absolute Gasteiger partial charge is 0.501 e. The average Bonchev–Trinajstić information content (AvgIpc) is 2.27. The molecule has 0 aliphatic rings. The second-order valence-electron chi connectivity index (χ2n) is 3.18. The fraction of sp³-hybridized carbons (Fsp3) is 1.00. The van der Waals surface area contributed by atoms with Crippen LogP contribution in [0.1, 0.15) is 20.3 Å². The Morgan fingerprint density at radius 2 is 1.62 bits per heavy atom. The smallest absolute Gasteiger partial charge is 0.382 e. The molecule has 0 amide bonds. The summed E-state index contributed by atoms with van der Waals surface area (Å²) in [5.74, 6) is 0.600. The zero-order valence-corrected chi connectivity index (χ0v) is 12.2. The molecule has 0 aliphatic carbocycles. The van der Waals surface area contributed by atoms with Crippen LogP contribution in [0.2, 0.25) is 6.04 Å². The minimum absolute atomic E-state index is 0.505. The predicted molar refractivity (Wildman–Crippen MR) is 67.0 cm³/mol. The molecule has 0 heterocycles. The minimum atomic E-state index is -2.52. The quantitative estimate of drug-likeness (QED) is 0.328. The highest BCUT2D eigenvalue weighted by molar-refractivity contribution is 6.60. The maximum absolute atomic E-state index is 5.76. The molecule has 0 atom stereocenters. The van der Waals surface area contributed by atoms with Gasteiger partial charge >= 0.3 is 8.80 Å². The molecular formula is C10H23ClO4Si. The van der Waals surface area contributed by atoms with Gasteiger partial charge in [0.15, 0.2) is 0 Å². The summed E-state index contributed by atoms with van der Waals surface area (Å²) in [6, 6.07) is 0.766. The van der Waals surface area contributed by atoms with Crippen molar-refractivity contribution in [3.05, 3.63) is 0 Å². The van der Waals surface area contributed by atoms with Crippen molar-refractivity contribution >= 4 is 20.4 Å². The van der Waals surface area contributed by atoms with Crippen LogP contribution in [0.3, 0.4) is 0 Å². The van der Waals surface area contributed by atoms with Gasteiger partial charge in [-0.1, -0.05) is 0 Å². The molecule has 0 unspecified atom stereocenters. The topological polar surface area (TPSA) is 36.9 Å². The Hall–Kier alpha value is 0.347. The molecule has 0 bridgehead atoms. The van der Waals surface area contributed by atoms with Gasteiger partial charge in [-0.05, 0) is 20.3 Å². The fourth-order valence-electron chi connectivity index (χ4n) is 1.35. The molecule has 0 fully saturated rings. The monoisotopic (exact) mass is 270 g/mol.